The van der Waals surface area contributed by atoms with Gasteiger partial charge in [-0.3, -0.25) is 9.59 Å². The first-order valence-corrected chi connectivity index (χ1v) is 9.05. The fourth-order valence-electron chi connectivity index (χ4n) is 2.62. The van der Waals surface area contributed by atoms with E-state index in [2.05, 4.69) is 10.6 Å². The molecule has 0 radical (unpaired) electrons. The van der Waals surface area contributed by atoms with Crippen LogP contribution in [-0.2, 0) is 4.79 Å². The summed E-state index contributed by atoms with van der Waals surface area (Å²) in [5.74, 6) is 0.280. The Bertz CT molecular complexity index is 1040. The van der Waals surface area contributed by atoms with Gasteiger partial charge in [0.15, 0.2) is 0 Å². The molecule has 2 aromatic carbocycles. The summed E-state index contributed by atoms with van der Waals surface area (Å²) in [6.07, 6.45) is 2.98. The van der Waals surface area contributed by atoms with Crippen molar-refractivity contribution in [1.82, 2.24) is 5.32 Å². The summed E-state index contributed by atoms with van der Waals surface area (Å²) in [6, 6.07) is 15.7. The molecule has 0 bridgehead atoms. The number of aryl methyl sites for hydroxylation is 2. The molecule has 2 N–H and O–H groups in total. The molecule has 0 saturated carbocycles. The fourth-order valence-corrected chi connectivity index (χ4v) is 2.62. The van der Waals surface area contributed by atoms with Crippen LogP contribution in [0.4, 0.5) is 5.69 Å². The Morgan fingerprint density at radius 1 is 1.00 bits per heavy atom. The van der Waals surface area contributed by atoms with Gasteiger partial charge in [-0.2, -0.15) is 0 Å². The Hall–Kier alpha value is -3.80. The molecule has 0 saturated heterocycles. The molecular weight excluding hydrogens is 368 g/mol. The second kappa shape index (κ2) is 8.93. The molecule has 1 heterocycles. The maximum absolute atomic E-state index is 12.8. The van der Waals surface area contributed by atoms with Crippen molar-refractivity contribution in [2.24, 2.45) is 0 Å². The van der Waals surface area contributed by atoms with Crippen LogP contribution in [-0.4, -0.2) is 18.9 Å². The molecule has 3 aromatic rings. The van der Waals surface area contributed by atoms with E-state index < -0.39 is 5.91 Å². The Morgan fingerprint density at radius 3 is 2.38 bits per heavy atom. The number of carbonyl (C=O) groups excluding carboxylic acids is 2. The zero-order chi connectivity index (χ0) is 20.8. The van der Waals surface area contributed by atoms with Crippen molar-refractivity contribution >= 4 is 23.6 Å². The molecular formula is C23H22N2O4. The third-order valence-electron chi connectivity index (χ3n) is 4.44. The number of hydrogen-bond acceptors (Lipinski definition) is 4. The Labute approximate surface area is 169 Å². The first-order chi connectivity index (χ1) is 14.0. The van der Waals surface area contributed by atoms with Crippen molar-refractivity contribution in [3.8, 4) is 5.75 Å². The largest absolute Gasteiger partial charge is 0.497 e. The van der Waals surface area contributed by atoms with Gasteiger partial charge in [0.05, 0.1) is 13.4 Å². The topological polar surface area (TPSA) is 80.6 Å². The van der Waals surface area contributed by atoms with Gasteiger partial charge >= 0.3 is 0 Å². The molecule has 0 aliphatic rings. The minimum absolute atomic E-state index is 0.0685. The average Bonchev–Trinajstić information content (AvgIpc) is 3.23. The van der Waals surface area contributed by atoms with Crippen LogP contribution in [0.5, 0.6) is 5.75 Å². The van der Waals surface area contributed by atoms with Crippen LogP contribution in [0, 0.1) is 13.8 Å². The zero-order valence-corrected chi connectivity index (χ0v) is 16.5. The van der Waals surface area contributed by atoms with E-state index in [0.29, 0.717) is 22.8 Å². The highest BCUT2D eigenvalue weighted by atomic mass is 16.5. The predicted octanol–water partition coefficient (Wildman–Crippen LogP) is 4.31. The molecule has 2 amide bonds. The fraction of sp³-hybridized carbons (Fsp3) is 0.130. The Kier molecular flexibility index (Phi) is 6.14. The van der Waals surface area contributed by atoms with E-state index in [1.165, 1.54) is 12.3 Å². The monoisotopic (exact) mass is 390 g/mol. The average molecular weight is 390 g/mol. The van der Waals surface area contributed by atoms with Gasteiger partial charge in [-0.1, -0.05) is 6.07 Å². The lowest BCUT2D eigenvalue weighted by atomic mass is 10.1. The number of ether oxygens (including phenoxy) is 1. The van der Waals surface area contributed by atoms with Crippen molar-refractivity contribution in [2.45, 2.75) is 13.8 Å². The predicted molar refractivity (Wildman–Crippen MR) is 112 cm³/mol. The minimum atomic E-state index is -0.469. The van der Waals surface area contributed by atoms with Crippen molar-refractivity contribution < 1.29 is 18.7 Å². The number of amides is 2. The number of rotatable bonds is 6. The molecule has 6 nitrogen and oxygen atoms in total. The zero-order valence-electron chi connectivity index (χ0n) is 16.5. The van der Waals surface area contributed by atoms with E-state index in [9.17, 15) is 9.59 Å². The first kappa shape index (κ1) is 19.9. The lowest BCUT2D eigenvalue weighted by Crippen LogP contribution is -2.30. The van der Waals surface area contributed by atoms with Crippen LogP contribution < -0.4 is 15.4 Å². The number of furan rings is 1. The van der Waals surface area contributed by atoms with E-state index in [0.717, 1.165) is 11.1 Å². The molecule has 3 rings (SSSR count). The molecule has 0 fully saturated rings. The number of anilines is 1. The minimum Gasteiger partial charge on any atom is -0.497 e. The molecule has 6 heteroatoms. The SMILES string of the molecule is COc1ccc(NC(=O)/C(=C\c2ccco2)NC(=O)c2ccc(C)c(C)c2)cc1. The van der Waals surface area contributed by atoms with Gasteiger partial charge in [-0.05, 0) is 73.5 Å². The summed E-state index contributed by atoms with van der Waals surface area (Å²) in [5.41, 5.74) is 3.19. The summed E-state index contributed by atoms with van der Waals surface area (Å²) in [7, 11) is 1.57. The van der Waals surface area contributed by atoms with Gasteiger partial charge in [0.25, 0.3) is 11.8 Å². The van der Waals surface area contributed by atoms with E-state index in [-0.39, 0.29) is 11.6 Å². The number of benzene rings is 2. The van der Waals surface area contributed by atoms with Gasteiger partial charge in [0.1, 0.15) is 17.2 Å². The van der Waals surface area contributed by atoms with Crippen LogP contribution in [0.1, 0.15) is 27.2 Å². The molecule has 0 aliphatic carbocycles. The Balaban J connectivity index is 1.82. The second-order valence-corrected chi connectivity index (χ2v) is 6.51. The maximum atomic E-state index is 12.8. The molecule has 0 atom stereocenters. The molecule has 0 spiro atoms. The number of methoxy groups -OCH3 is 1. The van der Waals surface area contributed by atoms with Crippen molar-refractivity contribution in [3.63, 3.8) is 0 Å². The normalized spacial score (nSPS) is 11.1. The van der Waals surface area contributed by atoms with E-state index in [1.807, 2.05) is 19.9 Å². The molecule has 29 heavy (non-hydrogen) atoms. The van der Waals surface area contributed by atoms with Gasteiger partial charge in [0.2, 0.25) is 0 Å². The summed E-state index contributed by atoms with van der Waals surface area (Å²) < 4.78 is 10.4. The highest BCUT2D eigenvalue weighted by molar-refractivity contribution is 6.10. The smallest absolute Gasteiger partial charge is 0.272 e. The van der Waals surface area contributed by atoms with Crippen LogP contribution >= 0.6 is 0 Å². The van der Waals surface area contributed by atoms with Crippen LogP contribution in [0.15, 0.2) is 71.0 Å². The van der Waals surface area contributed by atoms with Gasteiger partial charge in [0, 0.05) is 17.3 Å². The van der Waals surface area contributed by atoms with Gasteiger partial charge in [-0.25, -0.2) is 0 Å². The van der Waals surface area contributed by atoms with Crippen molar-refractivity contribution in [1.29, 1.82) is 0 Å². The summed E-state index contributed by atoms with van der Waals surface area (Å²) >= 11 is 0. The molecule has 148 valence electrons. The number of hydrogen-bond donors (Lipinski definition) is 2. The maximum Gasteiger partial charge on any atom is 0.272 e. The molecule has 0 unspecified atom stereocenters. The standard InChI is InChI=1S/C23H22N2O4/c1-15-6-7-17(13-16(15)2)22(26)25-21(14-20-5-4-12-29-20)23(27)24-18-8-10-19(28-3)11-9-18/h4-14H,1-3H3,(H,24,27)(H,25,26)/b21-14+. The van der Waals surface area contributed by atoms with E-state index in [1.54, 1.807) is 55.6 Å². The van der Waals surface area contributed by atoms with E-state index >= 15 is 0 Å². The number of carbonyl (C=O) groups is 2. The molecule has 1 aromatic heterocycles. The summed E-state index contributed by atoms with van der Waals surface area (Å²) in [6.45, 7) is 3.91. The van der Waals surface area contributed by atoms with Crippen LogP contribution in [0.3, 0.4) is 0 Å². The summed E-state index contributed by atoms with van der Waals surface area (Å²) in [4.78, 5) is 25.5. The lowest BCUT2D eigenvalue weighted by molar-refractivity contribution is -0.113. The van der Waals surface area contributed by atoms with Crippen molar-refractivity contribution in [2.75, 3.05) is 12.4 Å². The van der Waals surface area contributed by atoms with Crippen molar-refractivity contribution in [3.05, 3.63) is 89.0 Å². The number of nitrogens with one attached hydrogen (secondary N) is 2. The third-order valence-corrected chi connectivity index (χ3v) is 4.44. The van der Waals surface area contributed by atoms with E-state index in [4.69, 9.17) is 9.15 Å². The quantitative estimate of drug-likeness (QED) is 0.615. The van der Waals surface area contributed by atoms with Crippen LogP contribution in [0.25, 0.3) is 6.08 Å². The van der Waals surface area contributed by atoms with Gasteiger partial charge < -0.3 is 19.8 Å². The highest BCUT2D eigenvalue weighted by Crippen LogP contribution is 2.17. The molecule has 0 aliphatic heterocycles. The summed E-state index contributed by atoms with van der Waals surface area (Å²) in [5, 5.41) is 5.45. The first-order valence-electron chi connectivity index (χ1n) is 9.05. The van der Waals surface area contributed by atoms with Crippen LogP contribution in [0.2, 0.25) is 0 Å². The lowest BCUT2D eigenvalue weighted by Gasteiger charge is -2.12. The van der Waals surface area contributed by atoms with Gasteiger partial charge in [-0.15, -0.1) is 0 Å². The third kappa shape index (κ3) is 5.13. The highest BCUT2D eigenvalue weighted by Gasteiger charge is 2.16. The Morgan fingerprint density at radius 2 is 1.76 bits per heavy atom. The second-order valence-electron chi connectivity index (χ2n) is 6.51.